The third-order valence-corrected chi connectivity index (χ3v) is 1.87. The quantitative estimate of drug-likeness (QED) is 0.761. The second-order valence-electron chi connectivity index (χ2n) is 3.95. The standard InChI is InChI=1S/C11H17FN2O/c1-8(2)7-15-14-9(3)11-5-4-10(12)6-13-11/h4-6,8-9,14H,7H2,1-3H3. The SMILES string of the molecule is CC(C)CONC(C)c1ccc(F)cn1. The van der Waals surface area contributed by atoms with Crippen LogP contribution in [-0.4, -0.2) is 11.6 Å². The van der Waals surface area contributed by atoms with E-state index in [1.54, 1.807) is 6.07 Å². The molecule has 0 bridgehead atoms. The molecular weight excluding hydrogens is 195 g/mol. The summed E-state index contributed by atoms with van der Waals surface area (Å²) in [6, 6.07) is 3.00. The molecule has 1 atom stereocenters. The van der Waals surface area contributed by atoms with Crippen LogP contribution in [-0.2, 0) is 4.84 Å². The van der Waals surface area contributed by atoms with E-state index in [2.05, 4.69) is 24.3 Å². The molecule has 0 saturated heterocycles. The zero-order valence-corrected chi connectivity index (χ0v) is 9.33. The maximum absolute atomic E-state index is 12.6. The van der Waals surface area contributed by atoms with Gasteiger partial charge in [0.05, 0.1) is 24.5 Å². The van der Waals surface area contributed by atoms with Gasteiger partial charge in [-0.05, 0) is 25.0 Å². The predicted octanol–water partition coefficient (Wildman–Crippen LogP) is 2.46. The summed E-state index contributed by atoms with van der Waals surface area (Å²) in [4.78, 5) is 9.22. The first-order valence-electron chi connectivity index (χ1n) is 5.08. The van der Waals surface area contributed by atoms with E-state index in [4.69, 9.17) is 4.84 Å². The van der Waals surface area contributed by atoms with Crippen molar-refractivity contribution in [1.29, 1.82) is 0 Å². The third-order valence-electron chi connectivity index (χ3n) is 1.87. The van der Waals surface area contributed by atoms with Crippen molar-refractivity contribution in [1.82, 2.24) is 10.5 Å². The number of hydrogen-bond donors (Lipinski definition) is 1. The van der Waals surface area contributed by atoms with Crippen LogP contribution in [0.5, 0.6) is 0 Å². The largest absolute Gasteiger partial charge is 0.301 e. The number of hydroxylamine groups is 1. The van der Waals surface area contributed by atoms with Crippen LogP contribution in [0.4, 0.5) is 4.39 Å². The maximum atomic E-state index is 12.6. The predicted molar refractivity (Wildman–Crippen MR) is 56.5 cm³/mol. The fraction of sp³-hybridized carbons (Fsp3) is 0.545. The normalized spacial score (nSPS) is 13.1. The van der Waals surface area contributed by atoms with E-state index in [9.17, 15) is 4.39 Å². The number of nitrogens with zero attached hydrogens (tertiary/aromatic N) is 1. The molecule has 0 amide bonds. The van der Waals surface area contributed by atoms with Crippen LogP contribution in [0.25, 0.3) is 0 Å². The van der Waals surface area contributed by atoms with Gasteiger partial charge in [-0.3, -0.25) is 4.98 Å². The molecule has 0 spiro atoms. The molecule has 84 valence electrons. The molecule has 15 heavy (non-hydrogen) atoms. The Kier molecular flexibility index (Phi) is 4.65. The van der Waals surface area contributed by atoms with E-state index in [1.165, 1.54) is 12.3 Å². The Balaban J connectivity index is 2.40. The Hall–Kier alpha value is -1.00. The summed E-state index contributed by atoms with van der Waals surface area (Å²) >= 11 is 0. The summed E-state index contributed by atoms with van der Waals surface area (Å²) in [7, 11) is 0. The smallest absolute Gasteiger partial charge is 0.141 e. The van der Waals surface area contributed by atoms with Crippen molar-refractivity contribution < 1.29 is 9.23 Å². The van der Waals surface area contributed by atoms with Crippen molar-refractivity contribution in [3.05, 3.63) is 29.8 Å². The molecule has 1 heterocycles. The monoisotopic (exact) mass is 212 g/mol. The van der Waals surface area contributed by atoms with Crippen molar-refractivity contribution in [3.8, 4) is 0 Å². The Morgan fingerprint density at radius 1 is 1.40 bits per heavy atom. The zero-order chi connectivity index (χ0) is 11.3. The molecule has 1 N–H and O–H groups in total. The minimum absolute atomic E-state index is 0.0376. The lowest BCUT2D eigenvalue weighted by Gasteiger charge is -2.14. The van der Waals surface area contributed by atoms with Crippen molar-refractivity contribution in [3.63, 3.8) is 0 Å². The van der Waals surface area contributed by atoms with Gasteiger partial charge in [0.25, 0.3) is 0 Å². The van der Waals surface area contributed by atoms with E-state index in [0.717, 1.165) is 5.69 Å². The topological polar surface area (TPSA) is 34.1 Å². The minimum Gasteiger partial charge on any atom is -0.301 e. The van der Waals surface area contributed by atoms with E-state index in [0.29, 0.717) is 12.5 Å². The molecule has 0 radical (unpaired) electrons. The summed E-state index contributed by atoms with van der Waals surface area (Å²) in [6.07, 6.45) is 1.20. The van der Waals surface area contributed by atoms with Gasteiger partial charge in [0.15, 0.2) is 0 Å². The number of rotatable bonds is 5. The van der Waals surface area contributed by atoms with Gasteiger partial charge in [0, 0.05) is 0 Å². The van der Waals surface area contributed by atoms with Crippen LogP contribution in [0.2, 0.25) is 0 Å². The van der Waals surface area contributed by atoms with E-state index in [1.807, 2.05) is 6.92 Å². The van der Waals surface area contributed by atoms with Crippen LogP contribution < -0.4 is 5.48 Å². The van der Waals surface area contributed by atoms with Crippen molar-refractivity contribution >= 4 is 0 Å². The molecule has 1 aromatic heterocycles. The van der Waals surface area contributed by atoms with Crippen molar-refractivity contribution in [2.45, 2.75) is 26.8 Å². The van der Waals surface area contributed by atoms with Crippen molar-refractivity contribution in [2.75, 3.05) is 6.61 Å². The molecule has 0 aliphatic rings. The lowest BCUT2D eigenvalue weighted by Crippen LogP contribution is -2.22. The molecule has 1 unspecified atom stereocenters. The summed E-state index contributed by atoms with van der Waals surface area (Å²) < 4.78 is 12.6. The molecule has 0 saturated carbocycles. The van der Waals surface area contributed by atoms with Gasteiger partial charge in [0.1, 0.15) is 5.82 Å². The number of pyridine rings is 1. The van der Waals surface area contributed by atoms with Gasteiger partial charge in [0.2, 0.25) is 0 Å². The summed E-state index contributed by atoms with van der Waals surface area (Å²) in [6.45, 7) is 6.71. The fourth-order valence-corrected chi connectivity index (χ4v) is 1.04. The summed E-state index contributed by atoms with van der Waals surface area (Å²) in [5.74, 6) is 0.153. The average Bonchev–Trinajstić information content (AvgIpc) is 2.18. The lowest BCUT2D eigenvalue weighted by atomic mass is 10.2. The fourth-order valence-electron chi connectivity index (χ4n) is 1.04. The Bertz CT molecular complexity index is 287. The summed E-state index contributed by atoms with van der Waals surface area (Å²) in [5, 5.41) is 0. The van der Waals surface area contributed by atoms with Gasteiger partial charge < -0.3 is 4.84 Å². The average molecular weight is 212 g/mol. The van der Waals surface area contributed by atoms with E-state index >= 15 is 0 Å². The van der Waals surface area contributed by atoms with E-state index < -0.39 is 0 Å². The van der Waals surface area contributed by atoms with Crippen molar-refractivity contribution in [2.24, 2.45) is 5.92 Å². The van der Waals surface area contributed by atoms with E-state index in [-0.39, 0.29) is 11.9 Å². The molecule has 0 fully saturated rings. The summed E-state index contributed by atoms with van der Waals surface area (Å²) in [5.41, 5.74) is 3.63. The highest BCUT2D eigenvalue weighted by Crippen LogP contribution is 2.09. The first-order valence-corrected chi connectivity index (χ1v) is 5.08. The highest BCUT2D eigenvalue weighted by atomic mass is 19.1. The molecule has 1 rings (SSSR count). The molecular formula is C11H17FN2O. The van der Waals surface area contributed by atoms with Gasteiger partial charge >= 0.3 is 0 Å². The highest BCUT2D eigenvalue weighted by Gasteiger charge is 2.06. The first kappa shape index (κ1) is 12.1. The zero-order valence-electron chi connectivity index (χ0n) is 9.33. The van der Waals surface area contributed by atoms with Gasteiger partial charge in [-0.2, -0.15) is 5.48 Å². The lowest BCUT2D eigenvalue weighted by molar-refractivity contribution is 0.00326. The number of aromatic nitrogens is 1. The first-order chi connectivity index (χ1) is 7.09. The maximum Gasteiger partial charge on any atom is 0.141 e. The van der Waals surface area contributed by atoms with Gasteiger partial charge in [-0.1, -0.05) is 13.8 Å². The van der Waals surface area contributed by atoms with Crippen LogP contribution in [0.15, 0.2) is 18.3 Å². The molecule has 0 aliphatic heterocycles. The second-order valence-corrected chi connectivity index (χ2v) is 3.95. The Morgan fingerprint density at radius 2 is 2.13 bits per heavy atom. The molecule has 3 nitrogen and oxygen atoms in total. The number of halogens is 1. The molecule has 0 aromatic carbocycles. The number of nitrogens with one attached hydrogen (secondary N) is 1. The highest BCUT2D eigenvalue weighted by molar-refractivity contribution is 5.08. The van der Waals surface area contributed by atoms with Gasteiger partial charge in [-0.25, -0.2) is 4.39 Å². The minimum atomic E-state index is -0.325. The third kappa shape index (κ3) is 4.36. The molecule has 4 heteroatoms. The van der Waals surface area contributed by atoms with Crippen LogP contribution in [0.3, 0.4) is 0 Å². The van der Waals surface area contributed by atoms with Crippen LogP contribution in [0.1, 0.15) is 32.5 Å². The second kappa shape index (κ2) is 5.78. The Morgan fingerprint density at radius 3 is 2.67 bits per heavy atom. The molecule has 0 aliphatic carbocycles. The van der Waals surface area contributed by atoms with Crippen LogP contribution in [0, 0.1) is 11.7 Å². The molecule has 1 aromatic rings. The van der Waals surface area contributed by atoms with Crippen LogP contribution >= 0.6 is 0 Å². The number of hydrogen-bond acceptors (Lipinski definition) is 3. The van der Waals surface area contributed by atoms with Gasteiger partial charge in [-0.15, -0.1) is 0 Å². The Labute approximate surface area is 89.6 Å².